The summed E-state index contributed by atoms with van der Waals surface area (Å²) < 4.78 is 5.08. The molecule has 0 aliphatic rings. The first kappa shape index (κ1) is 20.8. The first-order valence-corrected chi connectivity index (χ1v) is 8.39. The minimum atomic E-state index is -0.646. The Balaban J connectivity index is 1.94. The van der Waals surface area contributed by atoms with Gasteiger partial charge in [-0.3, -0.25) is 19.7 Å². The predicted molar refractivity (Wildman–Crippen MR) is 105 cm³/mol. The zero-order valence-corrected chi connectivity index (χ0v) is 15.8. The second-order valence-electron chi connectivity index (χ2n) is 5.67. The van der Waals surface area contributed by atoms with Crippen molar-refractivity contribution >= 4 is 40.5 Å². The topological polar surface area (TPSA) is 123 Å². The second-order valence-corrected chi connectivity index (χ2v) is 6.08. The van der Waals surface area contributed by atoms with Gasteiger partial charge in [0.2, 0.25) is 5.91 Å². The minimum Gasteiger partial charge on any atom is -0.497 e. The molecule has 0 spiro atoms. The number of anilines is 1. The van der Waals surface area contributed by atoms with E-state index in [1.807, 2.05) is 0 Å². The number of benzene rings is 2. The molecule has 2 amide bonds. The third-order valence-electron chi connectivity index (χ3n) is 3.52. The minimum absolute atomic E-state index is 0.0431. The number of nitrogens with zero attached hydrogens (tertiary/aromatic N) is 2. The number of nitro benzene ring substituents is 1. The number of halogens is 1. The van der Waals surface area contributed by atoms with Crippen LogP contribution in [0.3, 0.4) is 0 Å². The molecule has 0 unspecified atom stereocenters. The van der Waals surface area contributed by atoms with Gasteiger partial charge in [-0.25, -0.2) is 5.43 Å². The van der Waals surface area contributed by atoms with Crippen molar-refractivity contribution in [2.24, 2.45) is 5.10 Å². The van der Waals surface area contributed by atoms with Crippen LogP contribution in [0.15, 0.2) is 47.6 Å². The third kappa shape index (κ3) is 5.78. The molecule has 0 aliphatic carbocycles. The molecule has 2 aromatic carbocycles. The lowest BCUT2D eigenvalue weighted by Crippen LogP contribution is -2.21. The van der Waals surface area contributed by atoms with E-state index in [1.165, 1.54) is 19.2 Å². The van der Waals surface area contributed by atoms with Crippen LogP contribution in [0.1, 0.15) is 23.7 Å². The van der Waals surface area contributed by atoms with E-state index < -0.39 is 10.8 Å². The van der Waals surface area contributed by atoms with Crippen molar-refractivity contribution in [1.29, 1.82) is 0 Å². The molecule has 0 saturated heterocycles. The van der Waals surface area contributed by atoms with Gasteiger partial charge in [0, 0.05) is 29.1 Å². The summed E-state index contributed by atoms with van der Waals surface area (Å²) in [5, 5.41) is 17.1. The third-order valence-corrected chi connectivity index (χ3v) is 3.83. The molecule has 0 bridgehead atoms. The molecule has 2 rings (SSSR count). The van der Waals surface area contributed by atoms with Gasteiger partial charge in [0.15, 0.2) is 0 Å². The Kier molecular flexibility index (Phi) is 7.05. The summed E-state index contributed by atoms with van der Waals surface area (Å²) in [4.78, 5) is 34.2. The van der Waals surface area contributed by atoms with Gasteiger partial charge in [-0.2, -0.15) is 5.10 Å². The van der Waals surface area contributed by atoms with Crippen LogP contribution in [0, 0.1) is 10.1 Å². The highest BCUT2D eigenvalue weighted by Crippen LogP contribution is 2.24. The van der Waals surface area contributed by atoms with Crippen molar-refractivity contribution in [3.8, 4) is 5.75 Å². The average Bonchev–Trinajstić information content (AvgIpc) is 2.65. The van der Waals surface area contributed by atoms with E-state index in [-0.39, 0.29) is 28.6 Å². The number of amides is 2. The SMILES string of the molecule is COc1cccc(NC(=O)CC(C)=NNC(=O)c2ccc([N+](=O)[O-])c(Cl)c2)c1. The Hall–Kier alpha value is -3.46. The van der Waals surface area contributed by atoms with Gasteiger partial charge in [-0.1, -0.05) is 17.7 Å². The first-order valence-electron chi connectivity index (χ1n) is 8.01. The van der Waals surface area contributed by atoms with E-state index in [9.17, 15) is 19.7 Å². The lowest BCUT2D eigenvalue weighted by Gasteiger charge is -2.07. The highest BCUT2D eigenvalue weighted by molar-refractivity contribution is 6.33. The number of methoxy groups -OCH3 is 1. The molecule has 2 aromatic rings. The molecular formula is C18H17ClN4O5. The standard InChI is InChI=1S/C18H17ClN4O5/c1-11(8-17(24)20-13-4-3-5-14(10-13)28-2)21-22-18(25)12-6-7-16(23(26)27)15(19)9-12/h3-7,9-10H,8H2,1-2H3,(H,20,24)(H,22,25). The number of rotatable bonds is 7. The number of ether oxygens (including phenoxy) is 1. The maximum Gasteiger partial charge on any atom is 0.287 e. The van der Waals surface area contributed by atoms with Gasteiger partial charge in [-0.05, 0) is 31.2 Å². The number of carbonyl (C=O) groups excluding carboxylic acids is 2. The summed E-state index contributed by atoms with van der Waals surface area (Å²) in [6.45, 7) is 1.58. The average molecular weight is 405 g/mol. The molecule has 0 atom stereocenters. The molecular weight excluding hydrogens is 388 g/mol. The van der Waals surface area contributed by atoms with Gasteiger partial charge in [0.1, 0.15) is 10.8 Å². The van der Waals surface area contributed by atoms with E-state index in [1.54, 1.807) is 31.2 Å². The maximum atomic E-state index is 12.1. The van der Waals surface area contributed by atoms with E-state index in [0.29, 0.717) is 17.1 Å². The predicted octanol–water partition coefficient (Wildman–Crippen LogP) is 3.39. The van der Waals surface area contributed by atoms with Crippen LogP contribution in [-0.4, -0.2) is 29.6 Å². The van der Waals surface area contributed by atoms with Crippen LogP contribution in [0.5, 0.6) is 5.75 Å². The molecule has 28 heavy (non-hydrogen) atoms. The number of carbonyl (C=O) groups is 2. The Labute approximate surface area is 165 Å². The number of hydrazone groups is 1. The first-order chi connectivity index (χ1) is 13.3. The molecule has 0 aliphatic heterocycles. The molecule has 2 N–H and O–H groups in total. The van der Waals surface area contributed by atoms with Gasteiger partial charge < -0.3 is 10.1 Å². The Morgan fingerprint density at radius 2 is 2.00 bits per heavy atom. The van der Waals surface area contributed by atoms with Crippen LogP contribution >= 0.6 is 11.6 Å². The highest BCUT2D eigenvalue weighted by atomic mass is 35.5. The van der Waals surface area contributed by atoms with Crippen LogP contribution in [0.25, 0.3) is 0 Å². The second kappa shape index (κ2) is 9.47. The van der Waals surface area contributed by atoms with Crippen LogP contribution < -0.4 is 15.5 Å². The summed E-state index contributed by atoms with van der Waals surface area (Å²) in [6, 6.07) is 10.5. The van der Waals surface area contributed by atoms with Gasteiger partial charge in [-0.15, -0.1) is 0 Å². The zero-order chi connectivity index (χ0) is 20.7. The Morgan fingerprint density at radius 1 is 1.25 bits per heavy atom. The Bertz CT molecular complexity index is 945. The van der Waals surface area contributed by atoms with Crippen molar-refractivity contribution in [2.75, 3.05) is 12.4 Å². The molecule has 0 fully saturated rings. The molecule has 146 valence electrons. The molecule has 10 heteroatoms. The summed E-state index contributed by atoms with van der Waals surface area (Å²) in [5.41, 5.74) is 3.02. The van der Waals surface area contributed by atoms with Gasteiger partial charge in [0.25, 0.3) is 11.6 Å². The normalized spacial score (nSPS) is 10.9. The molecule has 0 radical (unpaired) electrons. The summed E-state index contributed by atoms with van der Waals surface area (Å²) >= 11 is 5.78. The fraction of sp³-hybridized carbons (Fsp3) is 0.167. The van der Waals surface area contributed by atoms with E-state index in [0.717, 1.165) is 6.07 Å². The Morgan fingerprint density at radius 3 is 2.64 bits per heavy atom. The fourth-order valence-corrected chi connectivity index (χ4v) is 2.43. The van der Waals surface area contributed by atoms with Gasteiger partial charge >= 0.3 is 0 Å². The van der Waals surface area contributed by atoms with Crippen molar-refractivity contribution in [3.63, 3.8) is 0 Å². The van der Waals surface area contributed by atoms with E-state index >= 15 is 0 Å². The maximum absolute atomic E-state index is 12.1. The zero-order valence-electron chi connectivity index (χ0n) is 15.1. The lowest BCUT2D eigenvalue weighted by atomic mass is 10.2. The van der Waals surface area contributed by atoms with Crippen LogP contribution in [-0.2, 0) is 4.79 Å². The molecule has 9 nitrogen and oxygen atoms in total. The quantitative estimate of drug-likeness (QED) is 0.416. The monoisotopic (exact) mass is 404 g/mol. The summed E-state index contributed by atoms with van der Waals surface area (Å²) in [7, 11) is 1.53. The molecule has 0 aromatic heterocycles. The summed E-state index contributed by atoms with van der Waals surface area (Å²) in [5.74, 6) is -0.316. The number of nitrogens with one attached hydrogen (secondary N) is 2. The summed E-state index contributed by atoms with van der Waals surface area (Å²) in [6.07, 6.45) is -0.0431. The highest BCUT2D eigenvalue weighted by Gasteiger charge is 2.15. The van der Waals surface area contributed by atoms with Crippen molar-refractivity contribution in [3.05, 3.63) is 63.2 Å². The number of hydrogen-bond donors (Lipinski definition) is 2. The fourth-order valence-electron chi connectivity index (χ4n) is 2.18. The van der Waals surface area contributed by atoms with Crippen molar-refractivity contribution in [1.82, 2.24) is 5.43 Å². The van der Waals surface area contributed by atoms with Crippen molar-refractivity contribution < 1.29 is 19.2 Å². The molecule has 0 saturated carbocycles. The van der Waals surface area contributed by atoms with Crippen molar-refractivity contribution in [2.45, 2.75) is 13.3 Å². The molecule has 0 heterocycles. The number of hydrogen-bond acceptors (Lipinski definition) is 6. The lowest BCUT2D eigenvalue weighted by molar-refractivity contribution is -0.384. The van der Waals surface area contributed by atoms with Crippen LogP contribution in [0.4, 0.5) is 11.4 Å². The van der Waals surface area contributed by atoms with E-state index in [4.69, 9.17) is 16.3 Å². The van der Waals surface area contributed by atoms with Crippen LogP contribution in [0.2, 0.25) is 5.02 Å². The largest absolute Gasteiger partial charge is 0.497 e. The van der Waals surface area contributed by atoms with Gasteiger partial charge in [0.05, 0.1) is 18.5 Å². The smallest absolute Gasteiger partial charge is 0.287 e. The van der Waals surface area contributed by atoms with E-state index in [2.05, 4.69) is 15.8 Å². The number of nitro groups is 1.